The van der Waals surface area contributed by atoms with Crippen LogP contribution in [0.2, 0.25) is 0 Å². The predicted octanol–water partition coefficient (Wildman–Crippen LogP) is 4.52. The van der Waals surface area contributed by atoms with E-state index in [4.69, 9.17) is 10.5 Å². The van der Waals surface area contributed by atoms with E-state index < -0.39 is 0 Å². The Kier molecular flexibility index (Phi) is 4.79. The number of ether oxygens (including phenoxy) is 1. The van der Waals surface area contributed by atoms with Crippen molar-refractivity contribution in [2.45, 2.75) is 24.8 Å². The highest BCUT2D eigenvalue weighted by Crippen LogP contribution is 2.27. The second-order valence-corrected chi connectivity index (χ2v) is 5.69. The molecule has 106 valence electrons. The summed E-state index contributed by atoms with van der Waals surface area (Å²) < 4.78 is 5.69. The molecule has 0 heterocycles. The summed E-state index contributed by atoms with van der Waals surface area (Å²) in [6.45, 7) is 4.00. The number of anilines is 3. The Bertz CT molecular complexity index is 584. The number of hydrogen-bond donors (Lipinski definition) is 2. The molecule has 0 spiro atoms. The molecule has 0 saturated carbocycles. The maximum atomic E-state index is 5.92. The van der Waals surface area contributed by atoms with Crippen LogP contribution in [0.25, 0.3) is 0 Å². The lowest BCUT2D eigenvalue weighted by Gasteiger charge is -2.13. The van der Waals surface area contributed by atoms with Crippen LogP contribution >= 0.6 is 11.8 Å². The molecule has 2 aromatic rings. The second kappa shape index (κ2) is 6.57. The molecule has 2 aromatic carbocycles. The minimum Gasteiger partial charge on any atom is -0.491 e. The minimum absolute atomic E-state index is 0.129. The summed E-state index contributed by atoms with van der Waals surface area (Å²) in [4.78, 5) is 1.22. The van der Waals surface area contributed by atoms with Gasteiger partial charge in [-0.05, 0) is 44.4 Å². The van der Waals surface area contributed by atoms with E-state index in [-0.39, 0.29) is 6.10 Å². The smallest absolute Gasteiger partial charge is 0.123 e. The lowest BCUT2D eigenvalue weighted by molar-refractivity contribution is 0.242. The number of nitrogens with two attached hydrogens (primary N) is 1. The van der Waals surface area contributed by atoms with E-state index >= 15 is 0 Å². The van der Waals surface area contributed by atoms with Crippen molar-refractivity contribution in [3.8, 4) is 5.75 Å². The van der Waals surface area contributed by atoms with Crippen LogP contribution < -0.4 is 15.8 Å². The molecule has 0 aromatic heterocycles. The van der Waals surface area contributed by atoms with Gasteiger partial charge in [-0.15, -0.1) is 11.8 Å². The first-order chi connectivity index (χ1) is 9.56. The third kappa shape index (κ3) is 4.10. The highest BCUT2D eigenvalue weighted by Gasteiger charge is 2.03. The average molecular weight is 288 g/mol. The summed E-state index contributed by atoms with van der Waals surface area (Å²) in [6, 6.07) is 14.0. The number of hydrogen-bond acceptors (Lipinski definition) is 4. The zero-order chi connectivity index (χ0) is 14.5. The van der Waals surface area contributed by atoms with Crippen LogP contribution in [0.3, 0.4) is 0 Å². The largest absolute Gasteiger partial charge is 0.491 e. The van der Waals surface area contributed by atoms with Gasteiger partial charge >= 0.3 is 0 Å². The molecular weight excluding hydrogens is 268 g/mol. The lowest BCUT2D eigenvalue weighted by atomic mass is 10.2. The van der Waals surface area contributed by atoms with Gasteiger partial charge in [-0.3, -0.25) is 0 Å². The SMILES string of the molecule is CSc1cccc(Nc2cc(N)cc(OC(C)C)c2)c1. The summed E-state index contributed by atoms with van der Waals surface area (Å²) in [5, 5.41) is 3.36. The summed E-state index contributed by atoms with van der Waals surface area (Å²) >= 11 is 1.72. The molecule has 3 nitrogen and oxygen atoms in total. The van der Waals surface area contributed by atoms with E-state index in [0.717, 1.165) is 17.1 Å². The molecule has 0 aliphatic rings. The number of thioether (sulfide) groups is 1. The fourth-order valence-corrected chi connectivity index (χ4v) is 2.36. The molecule has 4 heteroatoms. The zero-order valence-electron chi connectivity index (χ0n) is 12.0. The first-order valence-corrected chi connectivity index (χ1v) is 7.77. The Hall–Kier alpha value is -1.81. The van der Waals surface area contributed by atoms with E-state index in [1.54, 1.807) is 11.8 Å². The minimum atomic E-state index is 0.129. The van der Waals surface area contributed by atoms with Crippen molar-refractivity contribution in [3.63, 3.8) is 0 Å². The van der Waals surface area contributed by atoms with E-state index in [1.807, 2.05) is 44.2 Å². The zero-order valence-corrected chi connectivity index (χ0v) is 12.8. The van der Waals surface area contributed by atoms with Crippen molar-refractivity contribution in [3.05, 3.63) is 42.5 Å². The van der Waals surface area contributed by atoms with E-state index in [0.29, 0.717) is 5.69 Å². The highest BCUT2D eigenvalue weighted by atomic mass is 32.2. The molecule has 0 unspecified atom stereocenters. The van der Waals surface area contributed by atoms with Gasteiger partial charge in [0.1, 0.15) is 5.75 Å². The van der Waals surface area contributed by atoms with E-state index in [9.17, 15) is 0 Å². The topological polar surface area (TPSA) is 47.3 Å². The van der Waals surface area contributed by atoms with Gasteiger partial charge in [0.25, 0.3) is 0 Å². The van der Waals surface area contributed by atoms with Crippen molar-refractivity contribution in [2.24, 2.45) is 0 Å². The van der Waals surface area contributed by atoms with Gasteiger partial charge in [-0.25, -0.2) is 0 Å². The van der Waals surface area contributed by atoms with Crippen LogP contribution in [0, 0.1) is 0 Å². The molecule has 0 aliphatic carbocycles. The maximum Gasteiger partial charge on any atom is 0.123 e. The van der Waals surface area contributed by atoms with E-state index in [2.05, 4.69) is 23.7 Å². The third-order valence-electron chi connectivity index (χ3n) is 2.66. The molecule has 0 saturated heterocycles. The quantitative estimate of drug-likeness (QED) is 0.627. The molecular formula is C16H20N2OS. The first-order valence-electron chi connectivity index (χ1n) is 6.55. The van der Waals surface area contributed by atoms with Crippen LogP contribution in [0.1, 0.15) is 13.8 Å². The summed E-state index contributed by atoms with van der Waals surface area (Å²) in [5.74, 6) is 0.781. The normalized spacial score (nSPS) is 10.6. The standard InChI is InChI=1S/C16H20N2OS/c1-11(2)19-15-8-12(17)7-14(9-15)18-13-5-4-6-16(10-13)20-3/h4-11,18H,17H2,1-3H3. The van der Waals surface area contributed by atoms with Crippen LogP contribution in [-0.2, 0) is 0 Å². The van der Waals surface area contributed by atoms with Gasteiger partial charge in [-0.2, -0.15) is 0 Å². The molecule has 0 bridgehead atoms. The van der Waals surface area contributed by atoms with Crippen LogP contribution in [0.4, 0.5) is 17.1 Å². The number of nitrogen functional groups attached to an aromatic ring is 1. The van der Waals surface area contributed by atoms with Crippen molar-refractivity contribution in [2.75, 3.05) is 17.3 Å². The van der Waals surface area contributed by atoms with Crippen LogP contribution in [0.15, 0.2) is 47.4 Å². The van der Waals surface area contributed by atoms with Gasteiger partial charge in [-0.1, -0.05) is 6.07 Å². The van der Waals surface area contributed by atoms with Crippen LogP contribution in [0.5, 0.6) is 5.75 Å². The van der Waals surface area contributed by atoms with Crippen molar-refractivity contribution < 1.29 is 4.74 Å². The molecule has 0 atom stereocenters. The summed E-state index contributed by atoms with van der Waals surface area (Å²) in [5.41, 5.74) is 8.58. The summed E-state index contributed by atoms with van der Waals surface area (Å²) in [7, 11) is 0. The Labute approximate surface area is 124 Å². The van der Waals surface area contributed by atoms with Crippen molar-refractivity contribution in [1.82, 2.24) is 0 Å². The molecule has 0 radical (unpaired) electrons. The van der Waals surface area contributed by atoms with Gasteiger partial charge in [0, 0.05) is 34.1 Å². The monoisotopic (exact) mass is 288 g/mol. The molecule has 20 heavy (non-hydrogen) atoms. The Balaban J connectivity index is 2.21. The van der Waals surface area contributed by atoms with Gasteiger partial charge in [0.2, 0.25) is 0 Å². The Morgan fingerprint density at radius 3 is 2.60 bits per heavy atom. The van der Waals surface area contributed by atoms with Crippen molar-refractivity contribution >= 4 is 28.8 Å². The Morgan fingerprint density at radius 1 is 1.10 bits per heavy atom. The highest BCUT2D eigenvalue weighted by molar-refractivity contribution is 7.98. The Morgan fingerprint density at radius 2 is 1.90 bits per heavy atom. The van der Waals surface area contributed by atoms with Gasteiger partial charge in [0.15, 0.2) is 0 Å². The molecule has 0 fully saturated rings. The molecule has 2 rings (SSSR count). The second-order valence-electron chi connectivity index (χ2n) is 4.81. The number of benzene rings is 2. The maximum absolute atomic E-state index is 5.92. The number of rotatable bonds is 5. The van der Waals surface area contributed by atoms with Crippen LogP contribution in [-0.4, -0.2) is 12.4 Å². The molecule has 0 aliphatic heterocycles. The van der Waals surface area contributed by atoms with Gasteiger partial charge in [0.05, 0.1) is 6.10 Å². The lowest BCUT2D eigenvalue weighted by Crippen LogP contribution is -2.06. The number of nitrogens with one attached hydrogen (secondary N) is 1. The summed E-state index contributed by atoms with van der Waals surface area (Å²) in [6.07, 6.45) is 2.19. The third-order valence-corrected chi connectivity index (χ3v) is 3.38. The molecule has 0 amide bonds. The van der Waals surface area contributed by atoms with Crippen molar-refractivity contribution in [1.29, 1.82) is 0 Å². The van der Waals surface area contributed by atoms with E-state index in [1.165, 1.54) is 4.90 Å². The fraction of sp³-hybridized carbons (Fsp3) is 0.250. The fourth-order valence-electron chi connectivity index (χ4n) is 1.90. The first kappa shape index (κ1) is 14.6. The van der Waals surface area contributed by atoms with Gasteiger partial charge < -0.3 is 15.8 Å². The predicted molar refractivity (Wildman–Crippen MR) is 88.1 cm³/mol. The molecule has 3 N–H and O–H groups in total. The average Bonchev–Trinajstić information content (AvgIpc) is 2.37.